The highest BCUT2D eigenvalue weighted by Gasteiger charge is 2.37. The van der Waals surface area contributed by atoms with Crippen molar-refractivity contribution in [3.05, 3.63) is 23.3 Å². The SMILES string of the molecule is CCc1c(CCC2(N)CC2)ccc2c1OCO2. The molecule has 1 heterocycles. The Labute approximate surface area is 102 Å². The number of fused-ring (bicyclic) bond motifs is 1. The Balaban J connectivity index is 1.83. The van der Waals surface area contributed by atoms with Gasteiger partial charge < -0.3 is 15.2 Å². The largest absolute Gasteiger partial charge is 0.454 e. The summed E-state index contributed by atoms with van der Waals surface area (Å²) in [5.41, 5.74) is 8.93. The first-order chi connectivity index (χ1) is 8.22. The molecule has 3 nitrogen and oxygen atoms in total. The summed E-state index contributed by atoms with van der Waals surface area (Å²) in [7, 11) is 0. The van der Waals surface area contributed by atoms with Gasteiger partial charge in [-0.05, 0) is 43.7 Å². The van der Waals surface area contributed by atoms with Gasteiger partial charge in [0.15, 0.2) is 11.5 Å². The van der Waals surface area contributed by atoms with Crippen molar-refractivity contribution in [3.8, 4) is 11.5 Å². The molecule has 0 atom stereocenters. The lowest BCUT2D eigenvalue weighted by Crippen LogP contribution is -2.22. The number of benzene rings is 1. The molecule has 0 spiro atoms. The van der Waals surface area contributed by atoms with Crippen molar-refractivity contribution >= 4 is 0 Å². The zero-order valence-electron chi connectivity index (χ0n) is 10.3. The smallest absolute Gasteiger partial charge is 0.231 e. The highest BCUT2D eigenvalue weighted by molar-refractivity contribution is 5.52. The predicted octanol–water partition coefficient (Wildman–Crippen LogP) is 2.40. The molecule has 1 fully saturated rings. The van der Waals surface area contributed by atoms with Crippen LogP contribution in [0.4, 0.5) is 0 Å². The van der Waals surface area contributed by atoms with E-state index in [9.17, 15) is 0 Å². The van der Waals surface area contributed by atoms with Crippen LogP contribution >= 0.6 is 0 Å². The molecule has 0 aromatic heterocycles. The lowest BCUT2D eigenvalue weighted by molar-refractivity contribution is 0.173. The zero-order chi connectivity index (χ0) is 11.9. The Hall–Kier alpha value is -1.22. The zero-order valence-corrected chi connectivity index (χ0v) is 10.3. The Morgan fingerprint density at radius 3 is 2.82 bits per heavy atom. The first kappa shape index (κ1) is 10.9. The molecule has 0 amide bonds. The Morgan fingerprint density at radius 2 is 2.12 bits per heavy atom. The monoisotopic (exact) mass is 233 g/mol. The summed E-state index contributed by atoms with van der Waals surface area (Å²) in [5, 5.41) is 0. The summed E-state index contributed by atoms with van der Waals surface area (Å²) in [5.74, 6) is 1.84. The molecule has 17 heavy (non-hydrogen) atoms. The molecule has 92 valence electrons. The first-order valence-corrected chi connectivity index (χ1v) is 6.41. The first-order valence-electron chi connectivity index (χ1n) is 6.41. The fourth-order valence-corrected chi connectivity index (χ4v) is 2.49. The van der Waals surface area contributed by atoms with E-state index in [-0.39, 0.29) is 5.54 Å². The molecule has 1 aromatic carbocycles. The molecule has 0 radical (unpaired) electrons. The molecule has 1 aliphatic heterocycles. The van der Waals surface area contributed by atoms with E-state index in [0.717, 1.165) is 30.8 Å². The summed E-state index contributed by atoms with van der Waals surface area (Å²) in [4.78, 5) is 0. The second-order valence-electron chi connectivity index (χ2n) is 5.15. The van der Waals surface area contributed by atoms with Gasteiger partial charge in [0.1, 0.15) is 0 Å². The second-order valence-corrected chi connectivity index (χ2v) is 5.15. The van der Waals surface area contributed by atoms with Crippen molar-refractivity contribution in [3.63, 3.8) is 0 Å². The number of ether oxygens (including phenoxy) is 2. The fraction of sp³-hybridized carbons (Fsp3) is 0.571. The van der Waals surface area contributed by atoms with Crippen molar-refractivity contribution in [2.24, 2.45) is 5.73 Å². The summed E-state index contributed by atoms with van der Waals surface area (Å²) in [6.07, 6.45) is 5.48. The maximum Gasteiger partial charge on any atom is 0.231 e. The minimum atomic E-state index is 0.126. The van der Waals surface area contributed by atoms with Gasteiger partial charge in [0.05, 0.1) is 0 Å². The van der Waals surface area contributed by atoms with E-state index < -0.39 is 0 Å². The van der Waals surface area contributed by atoms with E-state index in [1.165, 1.54) is 24.0 Å². The van der Waals surface area contributed by atoms with Gasteiger partial charge in [-0.1, -0.05) is 13.0 Å². The summed E-state index contributed by atoms with van der Waals surface area (Å²) >= 11 is 0. The molecule has 1 saturated carbocycles. The van der Waals surface area contributed by atoms with Crippen LogP contribution in [0.2, 0.25) is 0 Å². The molecule has 1 aromatic rings. The van der Waals surface area contributed by atoms with Gasteiger partial charge in [-0.2, -0.15) is 0 Å². The standard InChI is InChI=1S/C14H19NO2/c1-2-11-10(5-6-14(15)7-8-14)3-4-12-13(11)17-9-16-12/h3-4H,2,5-9,15H2,1H3. The van der Waals surface area contributed by atoms with Crippen LogP contribution in [-0.4, -0.2) is 12.3 Å². The van der Waals surface area contributed by atoms with Crippen molar-refractivity contribution in [1.82, 2.24) is 0 Å². The number of hydrogen-bond donors (Lipinski definition) is 1. The van der Waals surface area contributed by atoms with Gasteiger partial charge in [0.25, 0.3) is 0 Å². The molecular weight excluding hydrogens is 214 g/mol. The lowest BCUT2D eigenvalue weighted by Gasteiger charge is -2.13. The minimum absolute atomic E-state index is 0.126. The molecule has 0 bridgehead atoms. The maximum atomic E-state index is 6.14. The lowest BCUT2D eigenvalue weighted by atomic mass is 9.97. The average molecular weight is 233 g/mol. The predicted molar refractivity (Wildman–Crippen MR) is 66.4 cm³/mol. The summed E-state index contributed by atoms with van der Waals surface area (Å²) in [6.45, 7) is 2.52. The van der Waals surface area contributed by atoms with E-state index in [1.807, 2.05) is 6.07 Å². The molecular formula is C14H19NO2. The Bertz CT molecular complexity index is 438. The molecule has 2 aliphatic rings. The van der Waals surface area contributed by atoms with Crippen LogP contribution in [-0.2, 0) is 12.8 Å². The molecule has 3 rings (SSSR count). The van der Waals surface area contributed by atoms with E-state index in [4.69, 9.17) is 15.2 Å². The molecule has 0 saturated heterocycles. The van der Waals surface area contributed by atoms with Crippen LogP contribution in [0.25, 0.3) is 0 Å². The fourth-order valence-electron chi connectivity index (χ4n) is 2.49. The van der Waals surface area contributed by atoms with E-state index in [1.54, 1.807) is 0 Å². The van der Waals surface area contributed by atoms with Gasteiger partial charge in [0.2, 0.25) is 6.79 Å². The number of rotatable bonds is 4. The molecule has 1 aliphatic carbocycles. The molecule has 0 unspecified atom stereocenters. The maximum absolute atomic E-state index is 6.14. The van der Waals surface area contributed by atoms with Crippen molar-refractivity contribution in [2.45, 2.75) is 44.6 Å². The quantitative estimate of drug-likeness (QED) is 0.868. The third-order valence-electron chi connectivity index (χ3n) is 3.88. The third-order valence-corrected chi connectivity index (χ3v) is 3.88. The normalized spacial score (nSPS) is 19.4. The molecule has 3 heteroatoms. The van der Waals surface area contributed by atoms with Crippen molar-refractivity contribution < 1.29 is 9.47 Å². The van der Waals surface area contributed by atoms with E-state index in [2.05, 4.69) is 13.0 Å². The summed E-state index contributed by atoms with van der Waals surface area (Å²) in [6, 6.07) is 4.19. The van der Waals surface area contributed by atoms with Crippen molar-refractivity contribution in [2.75, 3.05) is 6.79 Å². The van der Waals surface area contributed by atoms with Crippen LogP contribution < -0.4 is 15.2 Å². The van der Waals surface area contributed by atoms with Gasteiger partial charge >= 0.3 is 0 Å². The van der Waals surface area contributed by atoms with Gasteiger partial charge in [-0.25, -0.2) is 0 Å². The van der Waals surface area contributed by atoms with Crippen LogP contribution in [0.5, 0.6) is 11.5 Å². The second kappa shape index (κ2) is 3.91. The van der Waals surface area contributed by atoms with Crippen LogP contribution in [0.3, 0.4) is 0 Å². The van der Waals surface area contributed by atoms with E-state index >= 15 is 0 Å². The Morgan fingerprint density at radius 1 is 1.29 bits per heavy atom. The van der Waals surface area contributed by atoms with Crippen LogP contribution in [0.1, 0.15) is 37.3 Å². The topological polar surface area (TPSA) is 44.5 Å². The van der Waals surface area contributed by atoms with Crippen LogP contribution in [0, 0.1) is 0 Å². The van der Waals surface area contributed by atoms with Gasteiger partial charge in [0, 0.05) is 11.1 Å². The minimum Gasteiger partial charge on any atom is -0.454 e. The van der Waals surface area contributed by atoms with Crippen molar-refractivity contribution in [1.29, 1.82) is 0 Å². The number of hydrogen-bond acceptors (Lipinski definition) is 3. The van der Waals surface area contributed by atoms with Crippen LogP contribution in [0.15, 0.2) is 12.1 Å². The molecule has 2 N–H and O–H groups in total. The third kappa shape index (κ3) is 2.00. The van der Waals surface area contributed by atoms with Gasteiger partial charge in [-0.3, -0.25) is 0 Å². The number of nitrogens with two attached hydrogens (primary N) is 1. The average Bonchev–Trinajstić information content (AvgIpc) is 2.90. The number of aryl methyl sites for hydroxylation is 1. The highest BCUT2D eigenvalue weighted by atomic mass is 16.7. The highest BCUT2D eigenvalue weighted by Crippen LogP contribution is 2.40. The van der Waals surface area contributed by atoms with E-state index in [0.29, 0.717) is 6.79 Å². The Kier molecular flexibility index (Phi) is 2.51. The summed E-state index contributed by atoms with van der Waals surface area (Å²) < 4.78 is 11.0. The van der Waals surface area contributed by atoms with Gasteiger partial charge in [-0.15, -0.1) is 0 Å².